The van der Waals surface area contributed by atoms with E-state index in [0.717, 1.165) is 0 Å². The van der Waals surface area contributed by atoms with Crippen molar-refractivity contribution in [1.82, 2.24) is 0 Å². The SMILES string of the molecule is C=C/C(=C\C=N/C(C)C)C(=O)OC. The molecule has 0 aliphatic carbocycles. The second-order valence-corrected chi connectivity index (χ2v) is 2.71. The molecule has 0 aromatic heterocycles. The van der Waals surface area contributed by atoms with Crippen LogP contribution in [0, 0.1) is 0 Å². The lowest BCUT2D eigenvalue weighted by atomic mass is 10.2. The van der Waals surface area contributed by atoms with Crippen LogP contribution in [-0.2, 0) is 9.53 Å². The molecule has 0 fully saturated rings. The average Bonchev–Trinajstić information content (AvgIpc) is 2.11. The monoisotopic (exact) mass is 181 g/mol. The van der Waals surface area contributed by atoms with Crippen molar-refractivity contribution in [3.05, 3.63) is 24.3 Å². The van der Waals surface area contributed by atoms with Crippen LogP contribution in [0.3, 0.4) is 0 Å². The zero-order chi connectivity index (χ0) is 10.3. The van der Waals surface area contributed by atoms with Crippen molar-refractivity contribution in [3.63, 3.8) is 0 Å². The molecular formula is C10H15NO2. The number of aliphatic imine (C=N–C) groups is 1. The highest BCUT2D eigenvalue weighted by Crippen LogP contribution is 1.97. The van der Waals surface area contributed by atoms with Gasteiger partial charge in [0.15, 0.2) is 0 Å². The number of carbonyl (C=O) groups excluding carboxylic acids is 1. The fourth-order valence-electron chi connectivity index (χ4n) is 0.633. The zero-order valence-electron chi connectivity index (χ0n) is 8.28. The van der Waals surface area contributed by atoms with Crippen molar-refractivity contribution in [1.29, 1.82) is 0 Å². The summed E-state index contributed by atoms with van der Waals surface area (Å²) in [4.78, 5) is 15.1. The predicted octanol–water partition coefficient (Wildman–Crippen LogP) is 1.75. The molecule has 0 spiro atoms. The highest BCUT2D eigenvalue weighted by atomic mass is 16.5. The summed E-state index contributed by atoms with van der Waals surface area (Å²) in [5.41, 5.74) is 0.409. The second-order valence-electron chi connectivity index (χ2n) is 2.71. The molecule has 72 valence electrons. The molecule has 0 aromatic rings. The summed E-state index contributed by atoms with van der Waals surface area (Å²) in [5.74, 6) is -0.398. The highest BCUT2D eigenvalue weighted by molar-refractivity contribution is 5.95. The Morgan fingerprint density at radius 2 is 2.15 bits per heavy atom. The van der Waals surface area contributed by atoms with E-state index in [1.807, 2.05) is 13.8 Å². The quantitative estimate of drug-likeness (QED) is 0.287. The van der Waals surface area contributed by atoms with Gasteiger partial charge in [-0.15, -0.1) is 0 Å². The molecule has 0 unspecified atom stereocenters. The van der Waals surface area contributed by atoms with Crippen molar-refractivity contribution in [2.45, 2.75) is 19.9 Å². The van der Waals surface area contributed by atoms with Gasteiger partial charge in [-0.25, -0.2) is 4.79 Å². The van der Waals surface area contributed by atoms with Crippen LogP contribution in [0.2, 0.25) is 0 Å². The Bertz CT molecular complexity index is 239. The minimum atomic E-state index is -0.398. The van der Waals surface area contributed by atoms with Crippen LogP contribution in [0.4, 0.5) is 0 Å². The lowest BCUT2D eigenvalue weighted by molar-refractivity contribution is -0.135. The molecule has 0 saturated carbocycles. The Kier molecular flexibility index (Phi) is 5.52. The first kappa shape index (κ1) is 11.6. The van der Waals surface area contributed by atoms with E-state index in [1.54, 1.807) is 12.3 Å². The van der Waals surface area contributed by atoms with Gasteiger partial charge in [0.2, 0.25) is 0 Å². The van der Waals surface area contributed by atoms with E-state index in [0.29, 0.717) is 5.57 Å². The summed E-state index contributed by atoms with van der Waals surface area (Å²) in [5, 5.41) is 0. The number of nitrogens with zero attached hydrogens (tertiary/aromatic N) is 1. The number of ether oxygens (including phenoxy) is 1. The van der Waals surface area contributed by atoms with E-state index in [1.165, 1.54) is 13.2 Å². The third-order valence-corrected chi connectivity index (χ3v) is 1.28. The minimum absolute atomic E-state index is 0.222. The smallest absolute Gasteiger partial charge is 0.337 e. The molecule has 0 aliphatic heterocycles. The Morgan fingerprint density at radius 1 is 1.54 bits per heavy atom. The second kappa shape index (κ2) is 6.17. The molecule has 0 aromatic carbocycles. The van der Waals surface area contributed by atoms with E-state index in [9.17, 15) is 4.79 Å². The van der Waals surface area contributed by atoms with Crippen LogP contribution in [0.1, 0.15) is 13.8 Å². The molecule has 0 saturated heterocycles. The maximum absolute atomic E-state index is 11.0. The molecule has 3 heteroatoms. The maximum Gasteiger partial charge on any atom is 0.337 e. The number of rotatable bonds is 4. The van der Waals surface area contributed by atoms with Crippen LogP contribution < -0.4 is 0 Å². The molecule has 0 N–H and O–H groups in total. The average molecular weight is 181 g/mol. The molecule has 13 heavy (non-hydrogen) atoms. The van der Waals surface area contributed by atoms with Gasteiger partial charge in [-0.2, -0.15) is 0 Å². The summed E-state index contributed by atoms with van der Waals surface area (Å²) in [6.45, 7) is 7.41. The lowest BCUT2D eigenvalue weighted by Crippen LogP contribution is -2.02. The van der Waals surface area contributed by atoms with Crippen LogP contribution in [-0.4, -0.2) is 25.3 Å². The molecule has 0 atom stereocenters. The Morgan fingerprint density at radius 3 is 2.54 bits per heavy atom. The van der Waals surface area contributed by atoms with E-state index >= 15 is 0 Å². The molecule has 0 heterocycles. The van der Waals surface area contributed by atoms with Crippen molar-refractivity contribution >= 4 is 12.2 Å². The molecule has 0 amide bonds. The predicted molar refractivity (Wildman–Crippen MR) is 53.9 cm³/mol. The van der Waals surface area contributed by atoms with Crippen LogP contribution >= 0.6 is 0 Å². The zero-order valence-corrected chi connectivity index (χ0v) is 8.28. The maximum atomic E-state index is 11.0. The number of hydrogen-bond acceptors (Lipinski definition) is 3. The van der Waals surface area contributed by atoms with Gasteiger partial charge in [0.25, 0.3) is 0 Å². The van der Waals surface area contributed by atoms with Gasteiger partial charge in [-0.1, -0.05) is 12.7 Å². The first-order valence-corrected chi connectivity index (χ1v) is 4.06. The van der Waals surface area contributed by atoms with Gasteiger partial charge in [-0.3, -0.25) is 4.99 Å². The molecule has 0 aliphatic rings. The standard InChI is InChI=1S/C10H15NO2/c1-5-9(10(12)13-4)6-7-11-8(2)3/h5-8H,1H2,2-4H3/b9-6+,11-7-. The molecule has 0 rings (SSSR count). The van der Waals surface area contributed by atoms with E-state index in [-0.39, 0.29) is 6.04 Å². The largest absolute Gasteiger partial charge is 0.465 e. The Labute approximate surface area is 78.8 Å². The van der Waals surface area contributed by atoms with E-state index < -0.39 is 5.97 Å². The Balaban J connectivity index is 4.40. The van der Waals surface area contributed by atoms with Gasteiger partial charge in [0.05, 0.1) is 12.7 Å². The summed E-state index contributed by atoms with van der Waals surface area (Å²) < 4.78 is 4.52. The number of methoxy groups -OCH3 is 1. The van der Waals surface area contributed by atoms with Crippen molar-refractivity contribution in [3.8, 4) is 0 Å². The number of hydrogen-bond donors (Lipinski definition) is 0. The number of carbonyl (C=O) groups is 1. The topological polar surface area (TPSA) is 38.7 Å². The Hall–Kier alpha value is -1.38. The van der Waals surface area contributed by atoms with E-state index in [2.05, 4.69) is 16.3 Å². The summed E-state index contributed by atoms with van der Waals surface area (Å²) in [7, 11) is 1.33. The minimum Gasteiger partial charge on any atom is -0.465 e. The van der Waals surface area contributed by atoms with Gasteiger partial charge in [0.1, 0.15) is 0 Å². The molecule has 0 bridgehead atoms. The van der Waals surface area contributed by atoms with Crippen LogP contribution in [0.15, 0.2) is 29.3 Å². The van der Waals surface area contributed by atoms with Crippen molar-refractivity contribution < 1.29 is 9.53 Å². The van der Waals surface area contributed by atoms with Gasteiger partial charge in [-0.05, 0) is 19.9 Å². The summed E-state index contributed by atoms with van der Waals surface area (Å²) >= 11 is 0. The highest BCUT2D eigenvalue weighted by Gasteiger charge is 2.02. The van der Waals surface area contributed by atoms with Crippen molar-refractivity contribution in [2.75, 3.05) is 7.11 Å². The molecule has 0 radical (unpaired) electrons. The fraction of sp³-hybridized carbons (Fsp3) is 0.400. The summed E-state index contributed by atoms with van der Waals surface area (Å²) in [6, 6.07) is 0.222. The van der Waals surface area contributed by atoms with Gasteiger partial charge < -0.3 is 4.74 Å². The van der Waals surface area contributed by atoms with Crippen LogP contribution in [0.25, 0.3) is 0 Å². The van der Waals surface area contributed by atoms with E-state index in [4.69, 9.17) is 0 Å². The van der Waals surface area contributed by atoms with Gasteiger partial charge >= 0.3 is 5.97 Å². The van der Waals surface area contributed by atoms with Crippen molar-refractivity contribution in [2.24, 2.45) is 4.99 Å². The first-order valence-electron chi connectivity index (χ1n) is 4.06. The third-order valence-electron chi connectivity index (χ3n) is 1.28. The molecular weight excluding hydrogens is 166 g/mol. The lowest BCUT2D eigenvalue weighted by Gasteiger charge is -1.97. The normalized spacial score (nSPS) is 12.2. The molecule has 3 nitrogen and oxygen atoms in total. The van der Waals surface area contributed by atoms with Gasteiger partial charge in [0, 0.05) is 12.3 Å². The van der Waals surface area contributed by atoms with Crippen LogP contribution in [0.5, 0.6) is 0 Å². The number of esters is 1. The third kappa shape index (κ3) is 4.95. The first-order chi connectivity index (χ1) is 6.11. The summed E-state index contributed by atoms with van der Waals surface area (Å²) in [6.07, 6.45) is 4.61. The number of allylic oxidation sites excluding steroid dienone is 1. The fourth-order valence-corrected chi connectivity index (χ4v) is 0.633.